The van der Waals surface area contributed by atoms with Gasteiger partial charge in [-0.05, 0) is 25.7 Å². The molecule has 2 unspecified atom stereocenters. The van der Waals surface area contributed by atoms with Crippen LogP contribution >= 0.6 is 11.3 Å². The van der Waals surface area contributed by atoms with Crippen molar-refractivity contribution in [2.75, 3.05) is 0 Å². The van der Waals surface area contributed by atoms with Crippen LogP contribution in [0.1, 0.15) is 43.3 Å². The third-order valence-electron chi connectivity index (χ3n) is 3.55. The Hall–Kier alpha value is -0.940. The lowest BCUT2D eigenvalue weighted by Gasteiger charge is -2.35. The molecule has 1 amide bonds. The summed E-state index contributed by atoms with van der Waals surface area (Å²) in [5.74, 6) is 0.513. The lowest BCUT2D eigenvalue weighted by molar-refractivity contribution is -0.128. The van der Waals surface area contributed by atoms with E-state index in [-0.39, 0.29) is 5.91 Å². The fraction of sp³-hybridized carbons (Fsp3) is 0.692. The van der Waals surface area contributed by atoms with Gasteiger partial charge in [-0.1, -0.05) is 19.8 Å². The van der Waals surface area contributed by atoms with E-state index in [1.165, 1.54) is 6.42 Å². The van der Waals surface area contributed by atoms with Crippen molar-refractivity contribution in [3.8, 4) is 0 Å². The molecular weight excluding hydrogens is 246 g/mol. The minimum absolute atomic E-state index is 0.0260. The number of aryl methyl sites for hydroxylation is 1. The third kappa shape index (κ3) is 3.09. The van der Waals surface area contributed by atoms with Gasteiger partial charge < -0.3 is 11.1 Å². The summed E-state index contributed by atoms with van der Waals surface area (Å²) in [5, 5.41) is 5.85. The van der Waals surface area contributed by atoms with Gasteiger partial charge >= 0.3 is 0 Å². The first-order valence-corrected chi connectivity index (χ1v) is 7.36. The summed E-state index contributed by atoms with van der Waals surface area (Å²) < 4.78 is 0. The molecule has 0 aromatic carbocycles. The number of hydrogen-bond donors (Lipinski definition) is 2. The van der Waals surface area contributed by atoms with Gasteiger partial charge in [-0.2, -0.15) is 0 Å². The first kappa shape index (κ1) is 13.5. The molecule has 0 bridgehead atoms. The predicted molar refractivity (Wildman–Crippen MR) is 73.2 cm³/mol. The fourth-order valence-electron chi connectivity index (χ4n) is 2.61. The maximum Gasteiger partial charge on any atom is 0.240 e. The number of carbonyl (C=O) groups excluding carboxylic acids is 1. The first-order chi connectivity index (χ1) is 8.49. The summed E-state index contributed by atoms with van der Waals surface area (Å²) in [5.41, 5.74) is 6.55. The molecule has 2 atom stereocenters. The van der Waals surface area contributed by atoms with E-state index in [0.29, 0.717) is 12.5 Å². The zero-order valence-electron chi connectivity index (χ0n) is 11.0. The molecular formula is C13H21N3OS. The van der Waals surface area contributed by atoms with Crippen LogP contribution in [0.25, 0.3) is 0 Å². The van der Waals surface area contributed by atoms with E-state index in [2.05, 4.69) is 17.2 Å². The van der Waals surface area contributed by atoms with Crippen LogP contribution in [0.2, 0.25) is 0 Å². The zero-order valence-corrected chi connectivity index (χ0v) is 11.8. The van der Waals surface area contributed by atoms with Gasteiger partial charge in [-0.3, -0.25) is 4.79 Å². The van der Waals surface area contributed by atoms with E-state index in [4.69, 9.17) is 5.73 Å². The number of amides is 1. The predicted octanol–water partition coefficient (Wildman–Crippen LogP) is 1.98. The van der Waals surface area contributed by atoms with E-state index in [0.717, 1.165) is 30.0 Å². The Morgan fingerprint density at radius 3 is 3.11 bits per heavy atom. The van der Waals surface area contributed by atoms with Crippen molar-refractivity contribution in [1.29, 1.82) is 0 Å². The van der Waals surface area contributed by atoms with Gasteiger partial charge in [0.1, 0.15) is 5.01 Å². The SMILES string of the molecule is Cc1csc(CNC(=O)C2(N)CCCC(C)C2)n1. The molecule has 0 saturated heterocycles. The summed E-state index contributed by atoms with van der Waals surface area (Å²) in [6.07, 6.45) is 3.80. The van der Waals surface area contributed by atoms with Crippen LogP contribution < -0.4 is 11.1 Å². The highest BCUT2D eigenvalue weighted by atomic mass is 32.1. The molecule has 18 heavy (non-hydrogen) atoms. The quantitative estimate of drug-likeness (QED) is 0.880. The lowest BCUT2D eigenvalue weighted by Crippen LogP contribution is -2.56. The Morgan fingerprint density at radius 1 is 1.72 bits per heavy atom. The maximum absolute atomic E-state index is 12.2. The molecule has 1 saturated carbocycles. The van der Waals surface area contributed by atoms with Crippen molar-refractivity contribution in [1.82, 2.24) is 10.3 Å². The van der Waals surface area contributed by atoms with E-state index in [1.807, 2.05) is 12.3 Å². The van der Waals surface area contributed by atoms with Gasteiger partial charge in [0, 0.05) is 11.1 Å². The van der Waals surface area contributed by atoms with Gasteiger partial charge in [0.25, 0.3) is 0 Å². The molecule has 1 aliphatic carbocycles. The minimum atomic E-state index is -0.677. The number of thiazole rings is 1. The van der Waals surface area contributed by atoms with E-state index < -0.39 is 5.54 Å². The normalized spacial score (nSPS) is 28.1. The molecule has 3 N–H and O–H groups in total. The Morgan fingerprint density at radius 2 is 2.50 bits per heavy atom. The van der Waals surface area contributed by atoms with Crippen molar-refractivity contribution in [2.45, 2.75) is 51.6 Å². The van der Waals surface area contributed by atoms with E-state index >= 15 is 0 Å². The highest BCUT2D eigenvalue weighted by molar-refractivity contribution is 7.09. The number of carbonyl (C=O) groups is 1. The monoisotopic (exact) mass is 267 g/mol. The molecule has 1 heterocycles. The highest BCUT2D eigenvalue weighted by Crippen LogP contribution is 2.30. The van der Waals surface area contributed by atoms with Crippen molar-refractivity contribution >= 4 is 17.2 Å². The van der Waals surface area contributed by atoms with Crippen molar-refractivity contribution in [2.24, 2.45) is 11.7 Å². The summed E-state index contributed by atoms with van der Waals surface area (Å²) in [7, 11) is 0. The lowest BCUT2D eigenvalue weighted by atomic mass is 9.76. The summed E-state index contributed by atoms with van der Waals surface area (Å²) in [6, 6.07) is 0. The van der Waals surface area contributed by atoms with Gasteiger partial charge in [0.15, 0.2) is 0 Å². The average molecular weight is 267 g/mol. The van der Waals surface area contributed by atoms with Crippen molar-refractivity contribution in [3.05, 3.63) is 16.1 Å². The van der Waals surface area contributed by atoms with Crippen LogP contribution in [0, 0.1) is 12.8 Å². The van der Waals surface area contributed by atoms with Gasteiger partial charge in [0.2, 0.25) is 5.91 Å². The zero-order chi connectivity index (χ0) is 13.2. The molecule has 1 aromatic rings. The Labute approximate surface area is 112 Å². The number of rotatable bonds is 3. The van der Waals surface area contributed by atoms with Gasteiger partial charge in [0.05, 0.1) is 12.1 Å². The summed E-state index contributed by atoms with van der Waals surface area (Å²) in [4.78, 5) is 16.5. The second-order valence-electron chi connectivity index (χ2n) is 5.42. The van der Waals surface area contributed by atoms with Crippen LogP contribution in [-0.2, 0) is 11.3 Å². The topological polar surface area (TPSA) is 68.0 Å². The number of aromatic nitrogens is 1. The Balaban J connectivity index is 1.91. The van der Waals surface area contributed by atoms with Crippen molar-refractivity contribution < 1.29 is 4.79 Å². The standard InChI is InChI=1S/C13H21N3OS/c1-9-4-3-5-13(14,6-9)12(17)15-7-11-16-10(2)8-18-11/h8-9H,3-7,14H2,1-2H3,(H,15,17). The van der Waals surface area contributed by atoms with Gasteiger partial charge in [-0.25, -0.2) is 4.98 Å². The maximum atomic E-state index is 12.2. The second-order valence-corrected chi connectivity index (χ2v) is 6.37. The molecule has 2 rings (SSSR count). The molecule has 1 aromatic heterocycles. The molecule has 1 aliphatic rings. The summed E-state index contributed by atoms with van der Waals surface area (Å²) >= 11 is 1.57. The molecule has 0 radical (unpaired) electrons. The molecule has 100 valence electrons. The summed E-state index contributed by atoms with van der Waals surface area (Å²) in [6.45, 7) is 4.61. The Bertz CT molecular complexity index is 432. The Kier molecular flexibility index (Phi) is 4.02. The third-order valence-corrected chi connectivity index (χ3v) is 4.52. The largest absolute Gasteiger partial charge is 0.348 e. The molecule has 5 heteroatoms. The van der Waals surface area contributed by atoms with Gasteiger partial charge in [-0.15, -0.1) is 11.3 Å². The highest BCUT2D eigenvalue weighted by Gasteiger charge is 2.37. The fourth-order valence-corrected chi connectivity index (χ4v) is 3.33. The number of nitrogens with two attached hydrogens (primary N) is 1. The first-order valence-electron chi connectivity index (χ1n) is 6.48. The number of nitrogens with one attached hydrogen (secondary N) is 1. The van der Waals surface area contributed by atoms with Crippen LogP contribution in [0.5, 0.6) is 0 Å². The van der Waals surface area contributed by atoms with Crippen LogP contribution in [-0.4, -0.2) is 16.4 Å². The van der Waals surface area contributed by atoms with Crippen LogP contribution in [0.3, 0.4) is 0 Å². The molecule has 0 aliphatic heterocycles. The van der Waals surface area contributed by atoms with E-state index in [9.17, 15) is 4.79 Å². The average Bonchev–Trinajstić information content (AvgIpc) is 2.71. The van der Waals surface area contributed by atoms with E-state index in [1.54, 1.807) is 11.3 Å². The van der Waals surface area contributed by atoms with Crippen LogP contribution in [0.4, 0.5) is 0 Å². The number of hydrogen-bond acceptors (Lipinski definition) is 4. The molecule has 1 fully saturated rings. The molecule has 0 spiro atoms. The number of nitrogens with zero attached hydrogens (tertiary/aromatic N) is 1. The molecule has 4 nitrogen and oxygen atoms in total. The second kappa shape index (κ2) is 5.36. The smallest absolute Gasteiger partial charge is 0.240 e. The van der Waals surface area contributed by atoms with Crippen LogP contribution in [0.15, 0.2) is 5.38 Å². The minimum Gasteiger partial charge on any atom is -0.348 e. The van der Waals surface area contributed by atoms with Crippen molar-refractivity contribution in [3.63, 3.8) is 0 Å².